The van der Waals surface area contributed by atoms with Gasteiger partial charge in [-0.15, -0.1) is 0 Å². The Balaban J connectivity index is 0.000000401. The van der Waals surface area contributed by atoms with E-state index in [9.17, 15) is 0 Å². The zero-order chi connectivity index (χ0) is 29.6. The Morgan fingerprint density at radius 3 is 0.714 bits per heavy atom. The Kier molecular flexibility index (Phi) is 14.2. The van der Waals surface area contributed by atoms with Crippen molar-refractivity contribution in [1.29, 1.82) is 0 Å². The van der Waals surface area contributed by atoms with E-state index in [1.807, 2.05) is 49.1 Å². The van der Waals surface area contributed by atoms with Gasteiger partial charge in [0.25, 0.3) is 0 Å². The van der Waals surface area contributed by atoms with Crippen molar-refractivity contribution in [2.24, 2.45) is 0 Å². The van der Waals surface area contributed by atoms with E-state index < -0.39 is 17.6 Å². The predicted molar refractivity (Wildman–Crippen MR) is 172 cm³/mol. The quantitative estimate of drug-likeness (QED) is 0.176. The molecule has 0 amide bonds. The zero-order valence-corrected chi connectivity index (χ0v) is 30.5. The van der Waals surface area contributed by atoms with Crippen LogP contribution in [0.15, 0.2) is 97.6 Å². The molecule has 42 heavy (non-hydrogen) atoms. The molecule has 4 rings (SSSR count). The van der Waals surface area contributed by atoms with E-state index in [1.54, 1.807) is 0 Å². The molecular weight excluding hydrogens is 648 g/mol. The van der Waals surface area contributed by atoms with Crippen LogP contribution in [0, 0.1) is 0 Å². The van der Waals surface area contributed by atoms with E-state index in [0.29, 0.717) is 0 Å². The summed E-state index contributed by atoms with van der Waals surface area (Å²) in [6.45, 7) is 23.3. The van der Waals surface area contributed by atoms with Gasteiger partial charge < -0.3 is 0 Å². The first kappa shape index (κ1) is 38.1. The monoisotopic (exact) mass is 692 g/mol. The van der Waals surface area contributed by atoms with E-state index in [-0.39, 0.29) is 54.3 Å². The number of nitrogens with zero attached hydrogens (tertiary/aromatic N) is 4. The summed E-state index contributed by atoms with van der Waals surface area (Å²) in [7, 11) is -1.54. The van der Waals surface area contributed by atoms with Crippen LogP contribution >= 0.6 is 0 Å². The second-order valence-electron chi connectivity index (χ2n) is 12.6. The van der Waals surface area contributed by atoms with Gasteiger partial charge in [-0.1, -0.05) is 92.7 Å². The molecule has 0 N–H and O–H groups in total. The largest absolute Gasteiger partial charge is 0.261 e. The van der Waals surface area contributed by atoms with E-state index in [1.165, 1.54) is 22.8 Å². The first-order valence-corrected chi connectivity index (χ1v) is 18.1. The summed E-state index contributed by atoms with van der Waals surface area (Å²) in [6.07, 6.45) is 7.56. The molecule has 8 heteroatoms. The van der Waals surface area contributed by atoms with E-state index in [0.717, 1.165) is 0 Å². The fourth-order valence-electron chi connectivity index (χ4n) is 5.26. The third-order valence-corrected chi connectivity index (χ3v) is 17.5. The predicted octanol–water partition coefficient (Wildman–Crippen LogP) is 7.87. The molecule has 0 spiro atoms. The SMILES string of the molecule is C[Si](C(C)(C)c1ccccn1)C(C)(C)c1ccccn1.C[Si](C(C)(C)c1ccccn1)C(C)(C)c1ccccn1.[Cu].[Cu]. The molecule has 0 unspecified atom stereocenters. The smallest absolute Gasteiger partial charge is 0.0719 e. The summed E-state index contributed by atoms with van der Waals surface area (Å²) in [5, 5.41) is 0.361. The number of aromatic nitrogens is 4. The zero-order valence-electron chi connectivity index (χ0n) is 26.6. The topological polar surface area (TPSA) is 51.6 Å². The average Bonchev–Trinajstić information content (AvgIpc) is 2.98. The molecule has 0 bridgehead atoms. The molecule has 4 heterocycles. The van der Waals surface area contributed by atoms with Crippen LogP contribution in [0.25, 0.3) is 0 Å². The molecule has 0 aliphatic rings. The van der Waals surface area contributed by atoms with Gasteiger partial charge in [0.05, 0.1) is 17.6 Å². The summed E-state index contributed by atoms with van der Waals surface area (Å²) in [5.74, 6) is 0. The van der Waals surface area contributed by atoms with Crippen molar-refractivity contribution < 1.29 is 34.1 Å². The van der Waals surface area contributed by atoms with Crippen molar-refractivity contribution in [3.05, 3.63) is 120 Å². The Bertz CT molecular complexity index is 1110. The number of hydrogen-bond donors (Lipinski definition) is 0. The van der Waals surface area contributed by atoms with Gasteiger partial charge in [-0.25, -0.2) is 0 Å². The van der Waals surface area contributed by atoms with Crippen LogP contribution in [0.1, 0.15) is 78.2 Å². The second kappa shape index (κ2) is 15.7. The first-order chi connectivity index (χ1) is 18.7. The van der Waals surface area contributed by atoms with Gasteiger partial charge in [0.1, 0.15) is 0 Å². The molecule has 0 aromatic carbocycles. The first-order valence-electron chi connectivity index (χ1n) is 14.1. The van der Waals surface area contributed by atoms with Gasteiger partial charge in [0, 0.05) is 102 Å². The van der Waals surface area contributed by atoms with Gasteiger partial charge in [-0.3, -0.25) is 19.9 Å². The summed E-state index contributed by atoms with van der Waals surface area (Å²) in [5.41, 5.74) is 4.72. The van der Waals surface area contributed by atoms with Crippen molar-refractivity contribution in [2.75, 3.05) is 0 Å². The van der Waals surface area contributed by atoms with Gasteiger partial charge in [-0.05, 0) is 48.5 Å². The van der Waals surface area contributed by atoms with Gasteiger partial charge >= 0.3 is 0 Å². The Morgan fingerprint density at radius 2 is 0.571 bits per heavy atom. The van der Waals surface area contributed by atoms with E-state index >= 15 is 0 Å². The molecule has 0 aliphatic carbocycles. The number of pyridine rings is 4. The Hall–Kier alpha value is -1.93. The van der Waals surface area contributed by atoms with E-state index in [2.05, 4.69) is 137 Å². The minimum Gasteiger partial charge on any atom is -0.261 e. The molecule has 232 valence electrons. The number of rotatable bonds is 8. The van der Waals surface area contributed by atoms with Crippen LogP contribution < -0.4 is 0 Å². The molecule has 4 aromatic heterocycles. The number of hydrogen-bond acceptors (Lipinski definition) is 4. The van der Waals surface area contributed by atoms with Crippen molar-refractivity contribution >= 4 is 17.6 Å². The van der Waals surface area contributed by atoms with Crippen LogP contribution in [-0.4, -0.2) is 37.5 Å². The maximum absolute atomic E-state index is 4.58. The molecule has 0 atom stereocenters. The Labute approximate surface area is 279 Å². The fourth-order valence-corrected chi connectivity index (χ4v) is 10.5. The molecule has 0 saturated heterocycles. The third kappa shape index (κ3) is 8.58. The van der Waals surface area contributed by atoms with Crippen molar-refractivity contribution in [1.82, 2.24) is 19.9 Å². The molecule has 0 fully saturated rings. The fraction of sp³-hybridized carbons (Fsp3) is 0.412. The molecule has 0 aliphatic heterocycles. The second-order valence-corrected chi connectivity index (χ2v) is 20.1. The summed E-state index contributed by atoms with van der Waals surface area (Å²) < 4.78 is 0. The van der Waals surface area contributed by atoms with Crippen molar-refractivity contribution in [3.63, 3.8) is 0 Å². The van der Waals surface area contributed by atoms with Gasteiger partial charge in [0.15, 0.2) is 0 Å². The molecule has 4 aromatic rings. The van der Waals surface area contributed by atoms with Crippen LogP contribution in [0.5, 0.6) is 0 Å². The normalized spacial score (nSPS) is 12.1. The molecule has 4 radical (unpaired) electrons. The standard InChI is InChI=1S/2C17H23N2Si.2Cu/c2*1-16(2,14-10-6-8-12-18-14)20(5)17(3,4)15-11-7-9-13-19-15;;/h2*6-13H,1-5H3;;. The van der Waals surface area contributed by atoms with Gasteiger partial charge in [0.2, 0.25) is 0 Å². The van der Waals surface area contributed by atoms with Gasteiger partial charge in [-0.2, -0.15) is 0 Å². The summed E-state index contributed by atoms with van der Waals surface area (Å²) >= 11 is 0. The van der Waals surface area contributed by atoms with Crippen molar-refractivity contribution in [3.8, 4) is 0 Å². The van der Waals surface area contributed by atoms with Crippen molar-refractivity contribution in [2.45, 2.75) is 88.6 Å². The molecular formula is C34H46Cu2N4Si2. The van der Waals surface area contributed by atoms with Crippen LogP contribution in [0.4, 0.5) is 0 Å². The van der Waals surface area contributed by atoms with Crippen LogP contribution in [-0.2, 0) is 54.3 Å². The third-order valence-electron chi connectivity index (χ3n) is 8.97. The van der Waals surface area contributed by atoms with Crippen LogP contribution in [0.2, 0.25) is 13.1 Å². The maximum atomic E-state index is 4.58. The molecule has 4 nitrogen and oxygen atoms in total. The van der Waals surface area contributed by atoms with Crippen LogP contribution in [0.3, 0.4) is 0 Å². The minimum absolute atomic E-state index is 0. The molecule has 0 saturated carbocycles. The maximum Gasteiger partial charge on any atom is 0.0719 e. The van der Waals surface area contributed by atoms with E-state index in [4.69, 9.17) is 0 Å². The Morgan fingerprint density at radius 1 is 0.381 bits per heavy atom. The average molecular weight is 694 g/mol. The summed E-state index contributed by atoms with van der Waals surface area (Å²) in [6, 6.07) is 24.8. The minimum atomic E-state index is -0.772. The summed E-state index contributed by atoms with van der Waals surface area (Å²) in [4.78, 5) is 18.3.